The summed E-state index contributed by atoms with van der Waals surface area (Å²) in [6, 6.07) is 14.7. The summed E-state index contributed by atoms with van der Waals surface area (Å²) in [4.78, 5) is 10.8. The smallest absolute Gasteiger partial charge is 0.335 e. The lowest BCUT2D eigenvalue weighted by Gasteiger charge is -2.12. The van der Waals surface area contributed by atoms with Crippen LogP contribution in [-0.2, 0) is 0 Å². The number of rotatable bonds is 5. The Bertz CT molecular complexity index is 570. The average Bonchev–Trinajstić information content (AvgIpc) is 2.48. The molecule has 0 bridgehead atoms. The third kappa shape index (κ3) is 3.38. The molecule has 1 atom stereocenters. The number of benzene rings is 2. The van der Waals surface area contributed by atoms with Crippen LogP contribution in [0.15, 0.2) is 48.5 Å². The summed E-state index contributed by atoms with van der Waals surface area (Å²) in [5, 5.41) is 8.87. The first-order valence-electron chi connectivity index (χ1n) is 6.70. The quantitative estimate of drug-likeness (QED) is 0.884. The van der Waals surface area contributed by atoms with E-state index in [9.17, 15) is 4.79 Å². The molecule has 0 aliphatic carbocycles. The van der Waals surface area contributed by atoms with Crippen molar-refractivity contribution in [1.82, 2.24) is 0 Å². The van der Waals surface area contributed by atoms with Gasteiger partial charge in [0.05, 0.1) is 11.7 Å². The van der Waals surface area contributed by atoms with Crippen molar-refractivity contribution in [3.63, 3.8) is 0 Å². The zero-order valence-corrected chi connectivity index (χ0v) is 11.7. The summed E-state index contributed by atoms with van der Waals surface area (Å²) in [5.74, 6) is -0.0564. The number of carbonyl (C=O) groups is 1. The average molecular weight is 270 g/mol. The molecule has 0 saturated carbocycles. The van der Waals surface area contributed by atoms with Gasteiger partial charge in [-0.1, -0.05) is 31.2 Å². The predicted octanol–water partition coefficient (Wildman–Crippen LogP) is 4.23. The molecule has 0 amide bonds. The van der Waals surface area contributed by atoms with Gasteiger partial charge in [0.25, 0.3) is 0 Å². The van der Waals surface area contributed by atoms with E-state index in [0.29, 0.717) is 5.56 Å². The Labute approximate surface area is 118 Å². The van der Waals surface area contributed by atoms with Gasteiger partial charge in [0.1, 0.15) is 5.75 Å². The molecule has 2 aromatic carbocycles. The normalized spacial score (nSPS) is 11.9. The fourth-order valence-electron chi connectivity index (χ4n) is 1.85. The van der Waals surface area contributed by atoms with Gasteiger partial charge in [-0.3, -0.25) is 0 Å². The molecule has 0 aromatic heterocycles. The van der Waals surface area contributed by atoms with Crippen LogP contribution in [0.1, 0.15) is 30.6 Å². The van der Waals surface area contributed by atoms with Crippen molar-refractivity contribution in [3.05, 3.63) is 54.1 Å². The first kappa shape index (κ1) is 14.1. The molecule has 2 rings (SSSR count). The highest BCUT2D eigenvalue weighted by Crippen LogP contribution is 2.23. The zero-order valence-electron chi connectivity index (χ0n) is 11.7. The van der Waals surface area contributed by atoms with Crippen molar-refractivity contribution in [2.24, 2.45) is 0 Å². The monoisotopic (exact) mass is 270 g/mol. The summed E-state index contributed by atoms with van der Waals surface area (Å²) in [6.45, 7) is 4.13. The van der Waals surface area contributed by atoms with Gasteiger partial charge in [-0.25, -0.2) is 4.79 Å². The van der Waals surface area contributed by atoms with Crippen LogP contribution in [0.25, 0.3) is 11.1 Å². The molecule has 1 N–H and O–H groups in total. The molecular weight excluding hydrogens is 252 g/mol. The van der Waals surface area contributed by atoms with E-state index in [2.05, 4.69) is 6.92 Å². The van der Waals surface area contributed by atoms with Gasteiger partial charge in [0.15, 0.2) is 0 Å². The summed E-state index contributed by atoms with van der Waals surface area (Å²) < 4.78 is 5.73. The van der Waals surface area contributed by atoms with Gasteiger partial charge < -0.3 is 9.84 Å². The highest BCUT2D eigenvalue weighted by atomic mass is 16.5. The van der Waals surface area contributed by atoms with Crippen LogP contribution in [0.2, 0.25) is 0 Å². The highest BCUT2D eigenvalue weighted by Gasteiger charge is 2.04. The molecule has 0 aliphatic rings. The SMILES string of the molecule is CCC(C)Oc1ccc(-c2ccc(C(=O)O)cc2)cc1. The Morgan fingerprint density at radius 1 is 1.05 bits per heavy atom. The molecule has 0 spiro atoms. The minimum absolute atomic E-state index is 0.204. The van der Waals surface area contributed by atoms with Crippen LogP contribution in [-0.4, -0.2) is 17.2 Å². The molecule has 0 aliphatic heterocycles. The molecule has 0 heterocycles. The summed E-state index contributed by atoms with van der Waals surface area (Å²) in [5.41, 5.74) is 2.33. The summed E-state index contributed by atoms with van der Waals surface area (Å²) >= 11 is 0. The highest BCUT2D eigenvalue weighted by molar-refractivity contribution is 5.88. The van der Waals surface area contributed by atoms with Gasteiger partial charge in [-0.15, -0.1) is 0 Å². The first-order valence-corrected chi connectivity index (χ1v) is 6.70. The minimum Gasteiger partial charge on any atom is -0.491 e. The van der Waals surface area contributed by atoms with Gasteiger partial charge >= 0.3 is 5.97 Å². The standard InChI is InChI=1S/C17H18O3/c1-3-12(2)20-16-10-8-14(9-11-16)13-4-6-15(7-5-13)17(18)19/h4-12H,3H2,1-2H3,(H,18,19). The van der Waals surface area contributed by atoms with Crippen molar-refractivity contribution in [3.8, 4) is 16.9 Å². The number of ether oxygens (including phenoxy) is 1. The first-order chi connectivity index (χ1) is 9.60. The number of hydrogen-bond donors (Lipinski definition) is 1. The second-order valence-electron chi connectivity index (χ2n) is 4.74. The van der Waals surface area contributed by atoms with Crippen LogP contribution < -0.4 is 4.74 Å². The number of hydrogen-bond acceptors (Lipinski definition) is 2. The summed E-state index contributed by atoms with van der Waals surface area (Å²) in [7, 11) is 0. The molecule has 0 fully saturated rings. The van der Waals surface area contributed by atoms with E-state index < -0.39 is 5.97 Å². The predicted molar refractivity (Wildman–Crippen MR) is 79.2 cm³/mol. The van der Waals surface area contributed by atoms with Crippen molar-refractivity contribution < 1.29 is 14.6 Å². The minimum atomic E-state index is -0.908. The molecule has 3 nitrogen and oxygen atoms in total. The molecule has 0 radical (unpaired) electrons. The Morgan fingerprint density at radius 2 is 1.55 bits per heavy atom. The lowest BCUT2D eigenvalue weighted by molar-refractivity contribution is 0.0697. The molecule has 20 heavy (non-hydrogen) atoms. The van der Waals surface area contributed by atoms with E-state index in [-0.39, 0.29) is 6.10 Å². The van der Waals surface area contributed by atoms with E-state index in [4.69, 9.17) is 9.84 Å². The zero-order chi connectivity index (χ0) is 14.5. The van der Waals surface area contributed by atoms with E-state index in [1.54, 1.807) is 12.1 Å². The van der Waals surface area contributed by atoms with E-state index in [1.165, 1.54) is 0 Å². The number of carboxylic acids is 1. The van der Waals surface area contributed by atoms with Crippen molar-refractivity contribution in [1.29, 1.82) is 0 Å². The van der Waals surface area contributed by atoms with Crippen LogP contribution in [0.5, 0.6) is 5.75 Å². The van der Waals surface area contributed by atoms with Gasteiger partial charge in [-0.2, -0.15) is 0 Å². The fraction of sp³-hybridized carbons (Fsp3) is 0.235. The summed E-state index contributed by atoms with van der Waals surface area (Å²) in [6.07, 6.45) is 1.17. The fourth-order valence-corrected chi connectivity index (χ4v) is 1.85. The molecule has 104 valence electrons. The van der Waals surface area contributed by atoms with Crippen LogP contribution in [0, 0.1) is 0 Å². The van der Waals surface area contributed by atoms with Crippen LogP contribution in [0.3, 0.4) is 0 Å². The Hall–Kier alpha value is -2.29. The van der Waals surface area contributed by atoms with Crippen LogP contribution >= 0.6 is 0 Å². The lowest BCUT2D eigenvalue weighted by Crippen LogP contribution is -2.09. The van der Waals surface area contributed by atoms with Gasteiger partial charge in [0.2, 0.25) is 0 Å². The molecule has 1 unspecified atom stereocenters. The van der Waals surface area contributed by atoms with Crippen LogP contribution in [0.4, 0.5) is 0 Å². The van der Waals surface area contributed by atoms with Crippen molar-refractivity contribution in [2.75, 3.05) is 0 Å². The van der Waals surface area contributed by atoms with Gasteiger partial charge in [0, 0.05) is 0 Å². The topological polar surface area (TPSA) is 46.5 Å². The molecule has 3 heteroatoms. The van der Waals surface area contributed by atoms with Gasteiger partial charge in [-0.05, 0) is 48.7 Å². The van der Waals surface area contributed by atoms with Crippen molar-refractivity contribution >= 4 is 5.97 Å². The number of carboxylic acid groups (broad SMARTS) is 1. The Kier molecular flexibility index (Phi) is 4.41. The largest absolute Gasteiger partial charge is 0.491 e. The van der Waals surface area contributed by atoms with E-state index in [1.807, 2.05) is 43.3 Å². The molecule has 0 saturated heterocycles. The third-order valence-corrected chi connectivity index (χ3v) is 3.23. The lowest BCUT2D eigenvalue weighted by atomic mass is 10.0. The second kappa shape index (κ2) is 6.24. The maximum Gasteiger partial charge on any atom is 0.335 e. The number of aromatic carboxylic acids is 1. The van der Waals surface area contributed by atoms with E-state index in [0.717, 1.165) is 23.3 Å². The third-order valence-electron chi connectivity index (χ3n) is 3.23. The molecular formula is C17H18O3. The second-order valence-corrected chi connectivity index (χ2v) is 4.74. The van der Waals surface area contributed by atoms with Crippen molar-refractivity contribution in [2.45, 2.75) is 26.4 Å². The molecule has 2 aromatic rings. The Morgan fingerprint density at radius 3 is 2.00 bits per heavy atom. The maximum absolute atomic E-state index is 10.8. The maximum atomic E-state index is 10.8. The Balaban J connectivity index is 2.15. The van der Waals surface area contributed by atoms with E-state index >= 15 is 0 Å².